The molecule has 0 amide bonds. The first kappa shape index (κ1) is 19.3. The van der Waals surface area contributed by atoms with Crippen LogP contribution in [0.4, 0.5) is 5.69 Å². The van der Waals surface area contributed by atoms with E-state index >= 15 is 0 Å². The van der Waals surface area contributed by atoms with Gasteiger partial charge < -0.3 is 24.7 Å². The van der Waals surface area contributed by atoms with Gasteiger partial charge in [0.2, 0.25) is 0 Å². The lowest BCUT2D eigenvalue weighted by atomic mass is 10.3. The van der Waals surface area contributed by atoms with Gasteiger partial charge in [-0.05, 0) is 30.8 Å². The third-order valence-corrected chi connectivity index (χ3v) is 4.13. The predicted molar refractivity (Wildman–Crippen MR) is 92.8 cm³/mol. The molecule has 0 atom stereocenters. The summed E-state index contributed by atoms with van der Waals surface area (Å²) in [6, 6.07) is 6.85. The Hall–Kier alpha value is -1.73. The summed E-state index contributed by atoms with van der Waals surface area (Å²) in [5.74, 6) is -0.245. The van der Waals surface area contributed by atoms with Gasteiger partial charge in [0.25, 0.3) is 0 Å². The number of hydrogen-bond acceptors (Lipinski definition) is 4. The number of nitrogens with one attached hydrogen (secondary N) is 1. The van der Waals surface area contributed by atoms with Crippen LogP contribution < -0.4 is 15.0 Å². The fourth-order valence-corrected chi connectivity index (χ4v) is 2.45. The Labute approximate surface area is 140 Å². The van der Waals surface area contributed by atoms with Crippen LogP contribution in [0, 0.1) is 0 Å². The van der Waals surface area contributed by atoms with Crippen LogP contribution >= 0.6 is 19.8 Å². The largest absolute Gasteiger partial charge is 0.421 e. The van der Waals surface area contributed by atoms with Crippen molar-refractivity contribution in [1.29, 1.82) is 0 Å². The van der Waals surface area contributed by atoms with Gasteiger partial charge in [0, 0.05) is 19.7 Å². The van der Waals surface area contributed by atoms with Crippen LogP contribution in [-0.2, 0) is 9.36 Å². The van der Waals surface area contributed by atoms with Crippen molar-refractivity contribution < 1.29 is 23.9 Å². The molecular weight excluding hydrogens is 339 g/mol. The van der Waals surface area contributed by atoms with Gasteiger partial charge in [-0.15, -0.1) is 0 Å². The quantitative estimate of drug-likeness (QED) is 0.169. The van der Waals surface area contributed by atoms with Crippen molar-refractivity contribution in [1.82, 2.24) is 5.32 Å². The van der Waals surface area contributed by atoms with Gasteiger partial charge in [0.15, 0.2) is 10.9 Å². The van der Waals surface area contributed by atoms with Gasteiger partial charge in [-0.25, -0.2) is 4.79 Å². The fourth-order valence-electron chi connectivity index (χ4n) is 1.68. The second-order valence-corrected chi connectivity index (χ2v) is 6.79. The van der Waals surface area contributed by atoms with Crippen LogP contribution in [0.2, 0.25) is 0 Å². The standard InChI is InChI=1S/C14H19N2O5PS/c1-3-13(17)21-12-8-5-4-7-11(12)16(2)14(23)15-9-6-10-22(18,19)20/h3-5,7-8H,1,6,9-10H2,2H3,(H,15,23)(H2,18,19,20). The highest BCUT2D eigenvalue weighted by molar-refractivity contribution is 7.80. The first-order valence-corrected chi connectivity index (χ1v) is 8.94. The molecule has 0 aliphatic heterocycles. The molecule has 0 saturated carbocycles. The molecule has 0 radical (unpaired) electrons. The second-order valence-electron chi connectivity index (χ2n) is 4.63. The summed E-state index contributed by atoms with van der Waals surface area (Å²) in [6.07, 6.45) is 1.14. The molecule has 0 aromatic heterocycles. The average Bonchev–Trinajstić information content (AvgIpc) is 2.50. The van der Waals surface area contributed by atoms with E-state index in [2.05, 4.69) is 11.9 Å². The first-order valence-electron chi connectivity index (χ1n) is 6.74. The Kier molecular flexibility index (Phi) is 7.38. The molecule has 7 nitrogen and oxygen atoms in total. The Morgan fingerprint density at radius 2 is 2.13 bits per heavy atom. The topological polar surface area (TPSA) is 99.1 Å². The molecule has 0 saturated heterocycles. The highest BCUT2D eigenvalue weighted by atomic mass is 32.1. The summed E-state index contributed by atoms with van der Waals surface area (Å²) >= 11 is 5.23. The molecule has 0 spiro atoms. The van der Waals surface area contributed by atoms with E-state index in [1.807, 2.05) is 0 Å². The minimum Gasteiger partial charge on any atom is -0.421 e. The molecule has 1 aromatic rings. The van der Waals surface area contributed by atoms with Crippen LogP contribution in [-0.4, -0.2) is 40.6 Å². The van der Waals surface area contributed by atoms with Gasteiger partial charge in [0.1, 0.15) is 0 Å². The molecule has 0 bridgehead atoms. The minimum atomic E-state index is -4.00. The van der Waals surface area contributed by atoms with Crippen LogP contribution in [0.25, 0.3) is 0 Å². The third-order valence-electron chi connectivity index (χ3n) is 2.81. The Bertz CT molecular complexity index is 631. The van der Waals surface area contributed by atoms with E-state index in [1.165, 1.54) is 0 Å². The normalized spacial score (nSPS) is 10.7. The van der Waals surface area contributed by atoms with Crippen molar-refractivity contribution in [3.63, 3.8) is 0 Å². The van der Waals surface area contributed by atoms with Gasteiger partial charge in [0.05, 0.1) is 11.8 Å². The number of carbonyl (C=O) groups excluding carboxylic acids is 1. The lowest BCUT2D eigenvalue weighted by Gasteiger charge is -2.23. The number of thiocarbonyl (C=S) groups is 1. The van der Waals surface area contributed by atoms with Crippen LogP contribution in [0.1, 0.15) is 6.42 Å². The van der Waals surface area contributed by atoms with Crippen molar-refractivity contribution in [2.75, 3.05) is 24.7 Å². The summed E-state index contributed by atoms with van der Waals surface area (Å²) in [7, 11) is -2.31. The minimum absolute atomic E-state index is 0.208. The Balaban J connectivity index is 2.67. The third kappa shape index (κ3) is 6.92. The molecule has 23 heavy (non-hydrogen) atoms. The Morgan fingerprint density at radius 3 is 2.74 bits per heavy atom. The average molecular weight is 358 g/mol. The number of carbonyl (C=O) groups is 1. The first-order chi connectivity index (χ1) is 10.7. The van der Waals surface area contributed by atoms with Crippen LogP contribution in [0.15, 0.2) is 36.9 Å². The van der Waals surface area contributed by atoms with E-state index in [0.717, 1.165) is 6.08 Å². The fraction of sp³-hybridized carbons (Fsp3) is 0.286. The molecule has 9 heteroatoms. The molecule has 0 heterocycles. The zero-order valence-electron chi connectivity index (χ0n) is 12.6. The summed E-state index contributed by atoms with van der Waals surface area (Å²) in [5, 5.41) is 3.25. The molecule has 3 N–H and O–H groups in total. The molecule has 1 rings (SSSR count). The molecule has 0 aliphatic rings. The van der Waals surface area contributed by atoms with Crippen molar-refractivity contribution in [2.45, 2.75) is 6.42 Å². The SMILES string of the molecule is C=CC(=O)Oc1ccccc1N(C)C(=S)NCCCP(=O)(O)O. The Morgan fingerprint density at radius 1 is 1.48 bits per heavy atom. The van der Waals surface area contributed by atoms with E-state index in [4.69, 9.17) is 26.7 Å². The van der Waals surface area contributed by atoms with Crippen molar-refractivity contribution in [2.24, 2.45) is 0 Å². The number of benzene rings is 1. The molecule has 126 valence electrons. The monoisotopic (exact) mass is 358 g/mol. The smallest absolute Gasteiger partial charge is 0.335 e. The predicted octanol–water partition coefficient (Wildman–Crippen LogP) is 1.66. The zero-order chi connectivity index (χ0) is 17.5. The molecule has 0 aliphatic carbocycles. The summed E-state index contributed by atoms with van der Waals surface area (Å²) in [4.78, 5) is 30.6. The van der Waals surface area contributed by atoms with Crippen LogP contribution in [0.3, 0.4) is 0 Å². The number of nitrogens with zero attached hydrogens (tertiary/aromatic N) is 1. The van der Waals surface area contributed by atoms with Gasteiger partial charge in [-0.2, -0.15) is 0 Å². The second kappa shape index (κ2) is 8.79. The molecule has 0 unspecified atom stereocenters. The number of rotatable bonds is 7. The zero-order valence-corrected chi connectivity index (χ0v) is 14.3. The number of anilines is 1. The lowest BCUT2D eigenvalue weighted by Crippen LogP contribution is -2.38. The van der Waals surface area contributed by atoms with Crippen LogP contribution in [0.5, 0.6) is 5.75 Å². The van der Waals surface area contributed by atoms with Crippen molar-refractivity contribution >= 4 is 36.6 Å². The number of ether oxygens (including phenoxy) is 1. The van der Waals surface area contributed by atoms with Crippen molar-refractivity contribution in [3.8, 4) is 5.75 Å². The van der Waals surface area contributed by atoms with E-state index in [-0.39, 0.29) is 12.6 Å². The van der Waals surface area contributed by atoms with E-state index in [1.54, 1.807) is 36.2 Å². The number of hydrogen-bond donors (Lipinski definition) is 3. The number of para-hydroxylation sites is 2. The van der Waals surface area contributed by atoms with E-state index < -0.39 is 13.6 Å². The maximum Gasteiger partial charge on any atom is 0.335 e. The molecule has 0 fully saturated rings. The van der Waals surface area contributed by atoms with Gasteiger partial charge >= 0.3 is 13.6 Å². The van der Waals surface area contributed by atoms with E-state index in [9.17, 15) is 9.36 Å². The van der Waals surface area contributed by atoms with Crippen molar-refractivity contribution in [3.05, 3.63) is 36.9 Å². The lowest BCUT2D eigenvalue weighted by molar-refractivity contribution is -0.128. The van der Waals surface area contributed by atoms with Gasteiger partial charge in [-0.1, -0.05) is 18.7 Å². The maximum absolute atomic E-state index is 11.3. The highest BCUT2D eigenvalue weighted by Crippen LogP contribution is 2.34. The van der Waals surface area contributed by atoms with E-state index in [0.29, 0.717) is 23.1 Å². The molecule has 1 aromatic carbocycles. The molecular formula is C14H19N2O5PS. The summed E-state index contributed by atoms with van der Waals surface area (Å²) in [6.45, 7) is 3.67. The maximum atomic E-state index is 11.3. The highest BCUT2D eigenvalue weighted by Gasteiger charge is 2.15. The summed E-state index contributed by atoms with van der Waals surface area (Å²) < 4.78 is 15.9. The number of esters is 1. The van der Waals surface area contributed by atoms with Gasteiger partial charge in [-0.3, -0.25) is 4.57 Å². The summed E-state index contributed by atoms with van der Waals surface area (Å²) in [5.41, 5.74) is 0.579.